The number of carbonyl (C=O) groups is 1. The van der Waals surface area contributed by atoms with Crippen LogP contribution in [0.3, 0.4) is 0 Å². The third kappa shape index (κ3) is 6.08. The largest absolute Gasteiger partial charge is 0.494 e. The molecule has 1 aliphatic heterocycles. The Kier molecular flexibility index (Phi) is 8.32. The Balaban J connectivity index is 1.57. The minimum Gasteiger partial charge on any atom is -0.494 e. The highest BCUT2D eigenvalue weighted by Gasteiger charge is 2.20. The average molecular weight is 570 g/mol. The number of aryl methyl sites for hydroxylation is 1. The van der Waals surface area contributed by atoms with Gasteiger partial charge in [-0.25, -0.2) is 9.97 Å². The fraction of sp³-hybridized carbons (Fsp3) is 0.258. The van der Waals surface area contributed by atoms with Gasteiger partial charge in [0.25, 0.3) is 0 Å². The predicted octanol–water partition coefficient (Wildman–Crippen LogP) is 5.63. The Morgan fingerprint density at radius 3 is 2.73 bits per heavy atom. The Morgan fingerprint density at radius 2 is 1.98 bits per heavy atom. The summed E-state index contributed by atoms with van der Waals surface area (Å²) in [5.74, 6) is 1.61. The molecule has 9 nitrogen and oxygen atoms in total. The Morgan fingerprint density at radius 1 is 1.15 bits per heavy atom. The van der Waals surface area contributed by atoms with Gasteiger partial charge in [-0.2, -0.15) is 0 Å². The molecular weight excluding hydrogens is 534 g/mol. The zero-order chi connectivity index (χ0) is 29.1. The van der Waals surface area contributed by atoms with Gasteiger partial charge in [-0.1, -0.05) is 18.7 Å². The van der Waals surface area contributed by atoms with E-state index >= 15 is 0 Å². The molecule has 2 N–H and O–H groups in total. The predicted molar refractivity (Wildman–Crippen MR) is 171 cm³/mol. The van der Waals surface area contributed by atoms with Crippen molar-refractivity contribution in [2.45, 2.75) is 4.90 Å². The quantitative estimate of drug-likeness (QED) is 0.238. The van der Waals surface area contributed by atoms with Crippen molar-refractivity contribution in [2.75, 3.05) is 62.6 Å². The van der Waals surface area contributed by atoms with Gasteiger partial charge in [0.1, 0.15) is 5.75 Å². The summed E-state index contributed by atoms with van der Waals surface area (Å²) in [5, 5.41) is 7.48. The highest BCUT2D eigenvalue weighted by Crippen LogP contribution is 2.40. The van der Waals surface area contributed by atoms with Crippen molar-refractivity contribution in [1.29, 1.82) is 0 Å². The third-order valence-corrected chi connectivity index (χ3v) is 8.00. The number of hydrogen-bond acceptors (Lipinski definition) is 8. The molecule has 1 aliphatic rings. The monoisotopic (exact) mass is 569 g/mol. The summed E-state index contributed by atoms with van der Waals surface area (Å²) in [4.78, 5) is 27.4. The van der Waals surface area contributed by atoms with Gasteiger partial charge < -0.3 is 29.7 Å². The fourth-order valence-electron chi connectivity index (χ4n) is 4.72. The van der Waals surface area contributed by atoms with Crippen LogP contribution in [0.5, 0.6) is 5.75 Å². The zero-order valence-corrected chi connectivity index (χ0v) is 24.9. The van der Waals surface area contributed by atoms with Crippen molar-refractivity contribution in [2.24, 2.45) is 7.05 Å². The molecule has 10 heteroatoms. The second-order valence-electron chi connectivity index (χ2n) is 10.1. The average Bonchev–Trinajstić information content (AvgIpc) is 3.35. The Labute approximate surface area is 244 Å². The number of rotatable bonds is 10. The summed E-state index contributed by atoms with van der Waals surface area (Å²) in [7, 11) is 9.71. The van der Waals surface area contributed by atoms with Crippen molar-refractivity contribution < 1.29 is 9.53 Å². The van der Waals surface area contributed by atoms with Crippen LogP contribution in [0.25, 0.3) is 28.2 Å². The molecule has 0 aliphatic carbocycles. The minimum absolute atomic E-state index is 0.297. The number of thioether (sulfide) groups is 1. The van der Waals surface area contributed by atoms with E-state index in [2.05, 4.69) is 68.1 Å². The third-order valence-electron chi connectivity index (χ3n) is 6.95. The van der Waals surface area contributed by atoms with E-state index in [1.165, 1.54) is 6.08 Å². The van der Waals surface area contributed by atoms with E-state index in [0.717, 1.165) is 57.3 Å². The van der Waals surface area contributed by atoms with E-state index in [1.807, 2.05) is 46.4 Å². The van der Waals surface area contributed by atoms with Gasteiger partial charge in [0, 0.05) is 61.7 Å². The number of hydrogen-bond donors (Lipinski definition) is 2. The molecule has 0 atom stereocenters. The molecule has 41 heavy (non-hydrogen) atoms. The van der Waals surface area contributed by atoms with E-state index in [1.54, 1.807) is 18.9 Å². The molecule has 0 saturated carbocycles. The maximum Gasteiger partial charge on any atom is 0.247 e. The van der Waals surface area contributed by atoms with Gasteiger partial charge >= 0.3 is 0 Å². The molecule has 2 aromatic heterocycles. The number of ether oxygens (including phenoxy) is 1. The van der Waals surface area contributed by atoms with Crippen molar-refractivity contribution in [3.05, 3.63) is 67.0 Å². The summed E-state index contributed by atoms with van der Waals surface area (Å²) in [5.41, 5.74) is 6.01. The number of anilines is 4. The number of nitrogens with zero attached hydrogens (tertiary/aromatic N) is 5. The molecule has 0 unspecified atom stereocenters. The molecule has 0 bridgehead atoms. The van der Waals surface area contributed by atoms with Gasteiger partial charge in [-0.05, 0) is 50.5 Å². The molecule has 1 amide bonds. The molecule has 4 aromatic rings. The van der Waals surface area contributed by atoms with Gasteiger partial charge in [-0.3, -0.25) is 4.79 Å². The van der Waals surface area contributed by atoms with Gasteiger partial charge in [0.05, 0.1) is 40.5 Å². The molecule has 0 spiro atoms. The Bertz CT molecular complexity index is 1640. The number of aromatic nitrogens is 3. The first-order valence-electron chi connectivity index (χ1n) is 13.3. The maximum absolute atomic E-state index is 12.4. The normalized spacial score (nSPS) is 12.3. The summed E-state index contributed by atoms with van der Waals surface area (Å²) < 4.78 is 7.90. The standard InChI is InChI=1S/C31H35N7O2S/c1-7-28(39)32-23-18-24(27(40-6)19-26(23)38(5)15-14-36(2)3)34-31-33-22-9-8-16-41-30(22)29(35-31)21-10-11-25-20(17-21)12-13-37(25)4/h7-13,17-19H,1,14-16H2,2-6H3,(H,32,39)(H,33,34,35). The number of fused-ring (bicyclic) bond motifs is 2. The van der Waals surface area contributed by atoms with E-state index in [9.17, 15) is 4.79 Å². The van der Waals surface area contributed by atoms with Gasteiger partial charge in [-0.15, -0.1) is 11.8 Å². The van der Waals surface area contributed by atoms with Crippen LogP contribution in [0.2, 0.25) is 0 Å². The highest BCUT2D eigenvalue weighted by molar-refractivity contribution is 7.99. The second kappa shape index (κ2) is 12.1. The lowest BCUT2D eigenvalue weighted by Gasteiger charge is -2.26. The molecule has 2 aromatic carbocycles. The zero-order valence-electron chi connectivity index (χ0n) is 24.1. The lowest BCUT2D eigenvalue weighted by molar-refractivity contribution is -0.111. The summed E-state index contributed by atoms with van der Waals surface area (Å²) >= 11 is 1.73. The summed E-state index contributed by atoms with van der Waals surface area (Å²) in [6, 6.07) is 12.3. The molecule has 5 rings (SSSR count). The van der Waals surface area contributed by atoms with Crippen LogP contribution < -0.4 is 20.3 Å². The number of likely N-dealkylation sites (N-methyl/N-ethyl adjacent to an activating group) is 2. The molecular formula is C31H35N7O2S. The van der Waals surface area contributed by atoms with E-state index in [4.69, 9.17) is 14.7 Å². The molecule has 0 saturated heterocycles. The first-order chi connectivity index (χ1) is 19.8. The number of methoxy groups -OCH3 is 1. The lowest BCUT2D eigenvalue weighted by Crippen LogP contribution is -2.29. The van der Waals surface area contributed by atoms with E-state index in [-0.39, 0.29) is 5.91 Å². The first-order valence-corrected chi connectivity index (χ1v) is 14.3. The lowest BCUT2D eigenvalue weighted by atomic mass is 10.1. The minimum atomic E-state index is -0.297. The van der Waals surface area contributed by atoms with Gasteiger partial charge in [0.2, 0.25) is 11.9 Å². The molecule has 0 fully saturated rings. The number of amides is 1. The van der Waals surface area contributed by atoms with Crippen molar-refractivity contribution in [3.63, 3.8) is 0 Å². The maximum atomic E-state index is 12.4. The highest BCUT2D eigenvalue weighted by atomic mass is 32.2. The van der Waals surface area contributed by atoms with E-state index in [0.29, 0.717) is 23.1 Å². The molecule has 3 heterocycles. The van der Waals surface area contributed by atoms with Crippen LogP contribution in [0.1, 0.15) is 5.69 Å². The number of carbonyl (C=O) groups excluding carboxylic acids is 1. The van der Waals surface area contributed by atoms with Crippen LogP contribution in [0.4, 0.5) is 23.0 Å². The van der Waals surface area contributed by atoms with E-state index < -0.39 is 0 Å². The van der Waals surface area contributed by atoms with Crippen molar-refractivity contribution in [3.8, 4) is 17.0 Å². The summed E-state index contributed by atoms with van der Waals surface area (Å²) in [6.07, 6.45) is 7.47. The topological polar surface area (TPSA) is 87.5 Å². The smallest absolute Gasteiger partial charge is 0.247 e. The van der Waals surface area contributed by atoms with Crippen LogP contribution in [0, 0.1) is 0 Å². The SMILES string of the molecule is C=CC(=O)Nc1cc(Nc2nc3c(c(-c4ccc5c(ccn5C)c4)n2)SCC=C3)c(OC)cc1N(C)CCN(C)C. The fourth-order valence-corrected chi connectivity index (χ4v) is 5.64. The first kappa shape index (κ1) is 28.3. The number of benzene rings is 2. The van der Waals surface area contributed by atoms with Crippen LogP contribution >= 0.6 is 11.8 Å². The van der Waals surface area contributed by atoms with Crippen LogP contribution in [0.15, 0.2) is 66.2 Å². The Hall–Kier alpha value is -4.28. The van der Waals surface area contributed by atoms with Crippen LogP contribution in [-0.2, 0) is 11.8 Å². The molecule has 0 radical (unpaired) electrons. The van der Waals surface area contributed by atoms with Gasteiger partial charge in [0.15, 0.2) is 0 Å². The van der Waals surface area contributed by atoms with Crippen molar-refractivity contribution >= 4 is 57.7 Å². The van der Waals surface area contributed by atoms with Crippen molar-refractivity contribution in [1.82, 2.24) is 19.4 Å². The second-order valence-corrected chi connectivity index (χ2v) is 11.2. The van der Waals surface area contributed by atoms with Crippen LogP contribution in [-0.4, -0.2) is 72.4 Å². The molecule has 212 valence electrons. The number of nitrogens with one attached hydrogen (secondary N) is 2. The summed E-state index contributed by atoms with van der Waals surface area (Å²) in [6.45, 7) is 5.22.